The van der Waals surface area contributed by atoms with Crippen LogP contribution in [0.1, 0.15) is 6.92 Å². The lowest BCUT2D eigenvalue weighted by Gasteiger charge is -1.98. The highest BCUT2D eigenvalue weighted by Gasteiger charge is 2.05. The molecule has 0 aromatic heterocycles. The molecule has 0 heterocycles. The van der Waals surface area contributed by atoms with Gasteiger partial charge in [0.05, 0.1) is 18.2 Å². The van der Waals surface area contributed by atoms with Crippen LogP contribution in [-0.4, -0.2) is 24.3 Å². The number of nitrogens with zero attached hydrogens (tertiary/aromatic N) is 1. The zero-order valence-corrected chi connectivity index (χ0v) is 6.20. The van der Waals surface area contributed by atoms with Crippen LogP contribution in [0, 0.1) is 11.3 Å². The van der Waals surface area contributed by atoms with Crippen LogP contribution in [0.15, 0.2) is 11.6 Å². The Balaban J connectivity index is 4.04. The van der Waals surface area contributed by atoms with E-state index in [2.05, 4.69) is 0 Å². The van der Waals surface area contributed by atoms with Crippen LogP contribution >= 0.6 is 0 Å². The van der Waals surface area contributed by atoms with E-state index in [1.54, 1.807) is 13.0 Å². The van der Waals surface area contributed by atoms with Gasteiger partial charge < -0.3 is 9.84 Å². The molecule has 4 heteroatoms. The summed E-state index contributed by atoms with van der Waals surface area (Å²) in [5, 5.41) is 16.6. The van der Waals surface area contributed by atoms with Gasteiger partial charge >= 0.3 is 5.97 Å². The zero-order valence-electron chi connectivity index (χ0n) is 6.20. The fourth-order valence-electron chi connectivity index (χ4n) is 0.455. The Bertz CT molecular complexity index is 202. The van der Waals surface area contributed by atoms with Gasteiger partial charge in [0.1, 0.15) is 0 Å². The number of carboxylic acid groups (broad SMARTS) is 1. The third-order valence-electron chi connectivity index (χ3n) is 0.975. The second-order valence-corrected chi connectivity index (χ2v) is 1.74. The zero-order chi connectivity index (χ0) is 8.69. The van der Waals surface area contributed by atoms with Gasteiger partial charge in [0, 0.05) is 12.7 Å². The van der Waals surface area contributed by atoms with Crippen LogP contribution in [0.2, 0.25) is 0 Å². The molecule has 0 aromatic carbocycles. The Morgan fingerprint density at radius 3 is 2.82 bits per heavy atom. The first-order chi connectivity index (χ1) is 5.22. The maximum Gasteiger partial charge on any atom is 0.334 e. The van der Waals surface area contributed by atoms with E-state index in [0.717, 1.165) is 6.08 Å². The molecule has 60 valence electrons. The molecule has 0 fully saturated rings. The quantitative estimate of drug-likeness (QED) is 0.475. The average Bonchev–Trinajstić information content (AvgIpc) is 1.97. The number of carbonyl (C=O) groups is 1. The topological polar surface area (TPSA) is 70.3 Å². The molecule has 4 nitrogen and oxygen atoms in total. The standard InChI is InChI=1S/C7H9NO3/c1-2-11-5-6(3-4-8)7(9)10/h3H,2,5H2,1H3,(H,9,10)/b6-3-. The maximum absolute atomic E-state index is 10.3. The van der Waals surface area contributed by atoms with Crippen molar-refractivity contribution >= 4 is 5.97 Å². The Kier molecular flexibility index (Phi) is 4.78. The smallest absolute Gasteiger partial charge is 0.334 e. The molecule has 0 aliphatic carbocycles. The Labute approximate surface area is 64.7 Å². The molecule has 0 rings (SSSR count). The van der Waals surface area contributed by atoms with Crippen LogP contribution < -0.4 is 0 Å². The minimum atomic E-state index is -1.11. The minimum absolute atomic E-state index is 0.0145. The maximum atomic E-state index is 10.3. The molecule has 1 N–H and O–H groups in total. The van der Waals surface area contributed by atoms with Crippen molar-refractivity contribution in [2.75, 3.05) is 13.2 Å². The van der Waals surface area contributed by atoms with E-state index in [4.69, 9.17) is 15.1 Å². The summed E-state index contributed by atoms with van der Waals surface area (Å²) in [6, 6.07) is 1.64. The van der Waals surface area contributed by atoms with E-state index < -0.39 is 5.97 Å². The highest BCUT2D eigenvalue weighted by atomic mass is 16.5. The van der Waals surface area contributed by atoms with E-state index in [1.807, 2.05) is 0 Å². The molecule has 11 heavy (non-hydrogen) atoms. The molecular weight excluding hydrogens is 146 g/mol. The van der Waals surface area contributed by atoms with E-state index >= 15 is 0 Å². The van der Waals surface area contributed by atoms with Crippen LogP contribution in [0.5, 0.6) is 0 Å². The Hall–Kier alpha value is -1.34. The molecule has 0 saturated heterocycles. The Morgan fingerprint density at radius 1 is 1.82 bits per heavy atom. The highest BCUT2D eigenvalue weighted by Crippen LogP contribution is 1.94. The second kappa shape index (κ2) is 5.45. The Morgan fingerprint density at radius 2 is 2.45 bits per heavy atom. The van der Waals surface area contributed by atoms with Gasteiger partial charge in [-0.15, -0.1) is 0 Å². The van der Waals surface area contributed by atoms with E-state index in [0.29, 0.717) is 6.61 Å². The number of nitriles is 1. The summed E-state index contributed by atoms with van der Waals surface area (Å²) in [5.41, 5.74) is -0.0191. The molecule has 0 amide bonds. The number of ether oxygens (including phenoxy) is 1. The number of carboxylic acids is 1. The number of allylic oxidation sites excluding steroid dienone is 1. The minimum Gasteiger partial charge on any atom is -0.478 e. The summed E-state index contributed by atoms with van der Waals surface area (Å²) < 4.78 is 4.81. The number of hydrogen-bond donors (Lipinski definition) is 1. The molecule has 0 radical (unpaired) electrons. The summed E-state index contributed by atoms with van der Waals surface area (Å²) in [5.74, 6) is -1.11. The molecule has 0 atom stereocenters. The number of rotatable bonds is 4. The van der Waals surface area contributed by atoms with E-state index in [9.17, 15) is 4.79 Å². The highest BCUT2D eigenvalue weighted by molar-refractivity contribution is 5.87. The average molecular weight is 155 g/mol. The van der Waals surface area contributed by atoms with Gasteiger partial charge in [-0.2, -0.15) is 5.26 Å². The van der Waals surface area contributed by atoms with Gasteiger partial charge in [-0.1, -0.05) is 0 Å². The first kappa shape index (κ1) is 9.66. The predicted molar refractivity (Wildman–Crippen MR) is 37.8 cm³/mol. The third-order valence-corrected chi connectivity index (χ3v) is 0.975. The normalized spacial score (nSPS) is 10.7. The van der Waals surface area contributed by atoms with Gasteiger partial charge in [0.25, 0.3) is 0 Å². The van der Waals surface area contributed by atoms with Crippen LogP contribution in [0.25, 0.3) is 0 Å². The molecule has 0 aromatic rings. The lowest BCUT2D eigenvalue weighted by atomic mass is 10.3. The SMILES string of the molecule is CCOC/C(=C/C#N)C(=O)O. The summed E-state index contributed by atoms with van der Waals surface area (Å²) in [6.45, 7) is 2.18. The molecule has 0 aliphatic heterocycles. The lowest BCUT2D eigenvalue weighted by Crippen LogP contribution is -2.07. The molecule has 0 saturated carbocycles. The first-order valence-electron chi connectivity index (χ1n) is 3.12. The molecule has 0 spiro atoms. The van der Waals surface area contributed by atoms with E-state index in [1.165, 1.54) is 0 Å². The monoisotopic (exact) mass is 155 g/mol. The van der Waals surface area contributed by atoms with Crippen molar-refractivity contribution in [3.63, 3.8) is 0 Å². The van der Waals surface area contributed by atoms with Crippen LogP contribution in [0.4, 0.5) is 0 Å². The van der Waals surface area contributed by atoms with Gasteiger partial charge in [-0.05, 0) is 6.92 Å². The first-order valence-corrected chi connectivity index (χ1v) is 3.12. The van der Waals surface area contributed by atoms with E-state index in [-0.39, 0.29) is 12.2 Å². The van der Waals surface area contributed by atoms with Crippen molar-refractivity contribution < 1.29 is 14.6 Å². The van der Waals surface area contributed by atoms with Crippen molar-refractivity contribution in [1.29, 1.82) is 5.26 Å². The van der Waals surface area contributed by atoms with Crippen molar-refractivity contribution in [1.82, 2.24) is 0 Å². The summed E-state index contributed by atoms with van der Waals surface area (Å²) in [4.78, 5) is 10.3. The summed E-state index contributed by atoms with van der Waals surface area (Å²) in [6.07, 6.45) is 0.970. The fraction of sp³-hybridized carbons (Fsp3) is 0.429. The van der Waals surface area contributed by atoms with Crippen molar-refractivity contribution in [2.45, 2.75) is 6.92 Å². The fourth-order valence-corrected chi connectivity index (χ4v) is 0.455. The van der Waals surface area contributed by atoms with Gasteiger partial charge in [0.2, 0.25) is 0 Å². The van der Waals surface area contributed by atoms with Gasteiger partial charge in [-0.25, -0.2) is 4.79 Å². The lowest BCUT2D eigenvalue weighted by molar-refractivity contribution is -0.133. The molecular formula is C7H9NO3. The number of aliphatic carboxylic acids is 1. The van der Waals surface area contributed by atoms with Crippen LogP contribution in [0.3, 0.4) is 0 Å². The van der Waals surface area contributed by atoms with Crippen molar-refractivity contribution in [3.8, 4) is 6.07 Å². The van der Waals surface area contributed by atoms with Crippen molar-refractivity contribution in [2.24, 2.45) is 0 Å². The van der Waals surface area contributed by atoms with Gasteiger partial charge in [0.15, 0.2) is 0 Å². The molecule has 0 unspecified atom stereocenters. The predicted octanol–water partition coefficient (Wildman–Crippen LogP) is 0.557. The number of hydrogen-bond acceptors (Lipinski definition) is 3. The third kappa shape index (κ3) is 4.12. The largest absolute Gasteiger partial charge is 0.478 e. The summed E-state index contributed by atoms with van der Waals surface area (Å²) in [7, 11) is 0. The molecule has 0 aliphatic rings. The summed E-state index contributed by atoms with van der Waals surface area (Å²) >= 11 is 0. The second-order valence-electron chi connectivity index (χ2n) is 1.74. The van der Waals surface area contributed by atoms with Crippen molar-refractivity contribution in [3.05, 3.63) is 11.6 Å². The van der Waals surface area contributed by atoms with Gasteiger partial charge in [-0.3, -0.25) is 0 Å². The van der Waals surface area contributed by atoms with Crippen LogP contribution in [-0.2, 0) is 9.53 Å². The molecule has 0 bridgehead atoms.